The minimum absolute atomic E-state index is 0.00644. The van der Waals surface area contributed by atoms with Gasteiger partial charge >= 0.3 is 18.1 Å². The Labute approximate surface area is 195 Å². The Kier molecular flexibility index (Phi) is 10.3. The summed E-state index contributed by atoms with van der Waals surface area (Å²) in [5, 5.41) is 16.6. The number of hydrogen-bond acceptors (Lipinski definition) is 5. The lowest BCUT2D eigenvalue weighted by molar-refractivity contribution is -0.142. The standard InChI is InChI=1S/C23H27FN4O6/c24-17-9-4-8-16(12-17)13-19(28-23(33)34-14-15-6-2-1-3-7-15)20(29)27-18(21(30)31)10-5-11-26-22(25)32/h1-4,6-9,12,18-19H,5,10-11,13-14H2,(H,27,29)(H,28,33)(H,30,31)(H3,25,26,32)/t18-,19-/m0/s1. The zero-order chi connectivity index (χ0) is 24.9. The fraction of sp³-hybridized carbons (Fsp3) is 0.304. The van der Waals surface area contributed by atoms with E-state index >= 15 is 0 Å². The Hall–Kier alpha value is -4.15. The highest BCUT2D eigenvalue weighted by atomic mass is 19.1. The molecule has 0 bridgehead atoms. The maximum atomic E-state index is 13.6. The number of nitrogens with two attached hydrogens (primary N) is 1. The second-order valence-corrected chi connectivity index (χ2v) is 7.43. The van der Waals surface area contributed by atoms with Gasteiger partial charge in [0.05, 0.1) is 0 Å². The van der Waals surface area contributed by atoms with Crippen LogP contribution in [0.4, 0.5) is 14.0 Å². The highest BCUT2D eigenvalue weighted by Crippen LogP contribution is 2.09. The first-order valence-corrected chi connectivity index (χ1v) is 10.5. The van der Waals surface area contributed by atoms with Crippen LogP contribution in [-0.2, 0) is 27.4 Å². The minimum Gasteiger partial charge on any atom is -0.480 e. The van der Waals surface area contributed by atoms with Crippen molar-refractivity contribution in [1.29, 1.82) is 0 Å². The molecule has 0 fully saturated rings. The van der Waals surface area contributed by atoms with Gasteiger partial charge in [-0.25, -0.2) is 18.8 Å². The summed E-state index contributed by atoms with van der Waals surface area (Å²) in [5.41, 5.74) is 6.12. The van der Waals surface area contributed by atoms with Gasteiger partial charge in [-0.3, -0.25) is 4.79 Å². The number of carbonyl (C=O) groups excluding carboxylic acids is 3. The third-order valence-corrected chi connectivity index (χ3v) is 4.73. The zero-order valence-electron chi connectivity index (χ0n) is 18.3. The quantitative estimate of drug-likeness (QED) is 0.294. The van der Waals surface area contributed by atoms with Crippen LogP contribution in [0.15, 0.2) is 54.6 Å². The lowest BCUT2D eigenvalue weighted by atomic mass is 10.0. The molecular weight excluding hydrogens is 447 g/mol. The molecule has 4 amide bonds. The molecule has 182 valence electrons. The molecule has 0 aliphatic rings. The van der Waals surface area contributed by atoms with Crippen LogP contribution in [0.3, 0.4) is 0 Å². The van der Waals surface area contributed by atoms with E-state index in [-0.39, 0.29) is 32.4 Å². The maximum absolute atomic E-state index is 13.6. The molecule has 0 saturated heterocycles. The van der Waals surface area contributed by atoms with Crippen molar-refractivity contribution in [3.8, 4) is 0 Å². The number of carboxylic acid groups (broad SMARTS) is 1. The van der Waals surface area contributed by atoms with Crippen molar-refractivity contribution >= 4 is 24.0 Å². The summed E-state index contributed by atoms with van der Waals surface area (Å²) >= 11 is 0. The molecule has 0 spiro atoms. The van der Waals surface area contributed by atoms with E-state index in [4.69, 9.17) is 10.5 Å². The topological polar surface area (TPSA) is 160 Å². The number of nitrogens with one attached hydrogen (secondary N) is 3. The smallest absolute Gasteiger partial charge is 0.408 e. The van der Waals surface area contributed by atoms with Gasteiger partial charge in [0, 0.05) is 13.0 Å². The normalized spacial score (nSPS) is 12.1. The monoisotopic (exact) mass is 474 g/mol. The number of ether oxygens (including phenoxy) is 1. The number of hydrogen-bond donors (Lipinski definition) is 5. The van der Waals surface area contributed by atoms with E-state index in [2.05, 4.69) is 16.0 Å². The zero-order valence-corrected chi connectivity index (χ0v) is 18.3. The SMILES string of the molecule is NC(=O)NCCC[C@H](NC(=O)[C@H](Cc1cccc(F)c1)NC(=O)OCc1ccccc1)C(=O)O. The predicted molar refractivity (Wildman–Crippen MR) is 120 cm³/mol. The number of benzene rings is 2. The fourth-order valence-electron chi connectivity index (χ4n) is 3.06. The molecule has 0 aliphatic heterocycles. The average Bonchev–Trinajstić information content (AvgIpc) is 2.79. The van der Waals surface area contributed by atoms with Gasteiger partial charge < -0.3 is 31.5 Å². The van der Waals surface area contributed by atoms with Gasteiger partial charge in [0.1, 0.15) is 24.5 Å². The summed E-state index contributed by atoms with van der Waals surface area (Å²) in [7, 11) is 0. The number of alkyl carbamates (subject to hydrolysis) is 1. The molecular formula is C23H27FN4O6. The number of primary amides is 1. The molecule has 2 atom stereocenters. The van der Waals surface area contributed by atoms with Gasteiger partial charge in [0.2, 0.25) is 5.91 Å². The Bertz CT molecular complexity index is 988. The third-order valence-electron chi connectivity index (χ3n) is 4.73. The molecule has 6 N–H and O–H groups in total. The first-order valence-electron chi connectivity index (χ1n) is 10.5. The second kappa shape index (κ2) is 13.4. The molecule has 0 saturated carbocycles. The molecule has 10 nitrogen and oxygen atoms in total. The lowest BCUT2D eigenvalue weighted by Crippen LogP contribution is -2.52. The van der Waals surface area contributed by atoms with Crippen molar-refractivity contribution in [2.24, 2.45) is 5.73 Å². The van der Waals surface area contributed by atoms with Crippen molar-refractivity contribution in [3.05, 3.63) is 71.5 Å². The molecule has 2 aromatic rings. The number of rotatable bonds is 12. The molecule has 2 rings (SSSR count). The molecule has 2 aromatic carbocycles. The Morgan fingerprint density at radius 2 is 1.68 bits per heavy atom. The predicted octanol–water partition coefficient (Wildman–Crippen LogP) is 1.68. The number of urea groups is 1. The Morgan fingerprint density at radius 3 is 2.32 bits per heavy atom. The summed E-state index contributed by atoms with van der Waals surface area (Å²) < 4.78 is 18.8. The summed E-state index contributed by atoms with van der Waals surface area (Å²) in [6, 6.07) is 11.1. The van der Waals surface area contributed by atoms with Gasteiger partial charge in [-0.05, 0) is 36.1 Å². The largest absolute Gasteiger partial charge is 0.480 e. The number of amides is 4. The first kappa shape index (κ1) is 26.1. The van der Waals surface area contributed by atoms with Crippen LogP contribution in [0.5, 0.6) is 0 Å². The highest BCUT2D eigenvalue weighted by Gasteiger charge is 2.27. The summed E-state index contributed by atoms with van der Waals surface area (Å²) in [4.78, 5) is 47.5. The van der Waals surface area contributed by atoms with Gasteiger partial charge in [-0.2, -0.15) is 0 Å². The van der Waals surface area contributed by atoms with Crippen molar-refractivity contribution in [2.75, 3.05) is 6.54 Å². The summed E-state index contributed by atoms with van der Waals surface area (Å²) in [6.45, 7) is 0.0946. The first-order chi connectivity index (χ1) is 16.2. The van der Waals surface area contributed by atoms with Crippen LogP contribution >= 0.6 is 0 Å². The van der Waals surface area contributed by atoms with Crippen LogP contribution in [0.1, 0.15) is 24.0 Å². The molecule has 34 heavy (non-hydrogen) atoms. The second-order valence-electron chi connectivity index (χ2n) is 7.43. The van der Waals surface area contributed by atoms with E-state index in [0.29, 0.717) is 5.56 Å². The average molecular weight is 474 g/mol. The van der Waals surface area contributed by atoms with E-state index in [9.17, 15) is 28.7 Å². The Balaban J connectivity index is 2.05. The van der Waals surface area contributed by atoms with Crippen molar-refractivity contribution < 1.29 is 33.4 Å². The molecule has 0 unspecified atom stereocenters. The molecule has 0 aliphatic carbocycles. The molecule has 0 radical (unpaired) electrons. The van der Waals surface area contributed by atoms with Crippen LogP contribution in [0.25, 0.3) is 0 Å². The van der Waals surface area contributed by atoms with Gasteiger partial charge in [0.25, 0.3) is 0 Å². The third kappa shape index (κ3) is 9.55. The van der Waals surface area contributed by atoms with Crippen LogP contribution < -0.4 is 21.7 Å². The van der Waals surface area contributed by atoms with E-state index < -0.39 is 41.9 Å². The molecule has 0 aromatic heterocycles. The van der Waals surface area contributed by atoms with Crippen molar-refractivity contribution in [1.82, 2.24) is 16.0 Å². The van der Waals surface area contributed by atoms with E-state index in [1.807, 2.05) is 6.07 Å². The summed E-state index contributed by atoms with van der Waals surface area (Å²) in [6.07, 6.45) is -0.745. The number of carbonyl (C=O) groups is 4. The van der Waals surface area contributed by atoms with Crippen molar-refractivity contribution in [2.45, 2.75) is 38.0 Å². The lowest BCUT2D eigenvalue weighted by Gasteiger charge is -2.21. The fourth-order valence-corrected chi connectivity index (χ4v) is 3.06. The van der Waals surface area contributed by atoms with Crippen LogP contribution in [-0.4, -0.2) is 47.7 Å². The highest BCUT2D eigenvalue weighted by molar-refractivity contribution is 5.89. The number of halogens is 1. The van der Waals surface area contributed by atoms with Gasteiger partial charge in [0.15, 0.2) is 0 Å². The van der Waals surface area contributed by atoms with Gasteiger partial charge in [-0.1, -0.05) is 42.5 Å². The van der Waals surface area contributed by atoms with Crippen LogP contribution in [0.2, 0.25) is 0 Å². The van der Waals surface area contributed by atoms with Gasteiger partial charge in [-0.15, -0.1) is 0 Å². The molecule has 0 heterocycles. The molecule has 11 heteroatoms. The number of aliphatic carboxylic acids is 1. The van der Waals surface area contributed by atoms with E-state index in [1.54, 1.807) is 30.3 Å². The van der Waals surface area contributed by atoms with Crippen molar-refractivity contribution in [3.63, 3.8) is 0 Å². The summed E-state index contributed by atoms with van der Waals surface area (Å²) in [5.74, 6) is -2.59. The van der Waals surface area contributed by atoms with Crippen LogP contribution in [0, 0.1) is 5.82 Å². The number of carboxylic acids is 1. The minimum atomic E-state index is -1.29. The van der Waals surface area contributed by atoms with E-state index in [1.165, 1.54) is 18.2 Å². The Morgan fingerprint density at radius 1 is 0.971 bits per heavy atom. The van der Waals surface area contributed by atoms with E-state index in [0.717, 1.165) is 5.56 Å². The maximum Gasteiger partial charge on any atom is 0.408 e.